The first-order chi connectivity index (χ1) is 8.63. The summed E-state index contributed by atoms with van der Waals surface area (Å²) in [4.78, 5) is 14.3. The van der Waals surface area contributed by atoms with Gasteiger partial charge < -0.3 is 8.83 Å². The van der Waals surface area contributed by atoms with E-state index in [0.717, 1.165) is 0 Å². The molecule has 0 radical (unpaired) electrons. The number of nitrogens with zero attached hydrogens (tertiary/aromatic N) is 2. The molecule has 0 aliphatic rings. The Morgan fingerprint density at radius 2 is 2.06 bits per heavy atom. The minimum absolute atomic E-state index is 0.0250. The highest BCUT2D eigenvalue weighted by molar-refractivity contribution is 9.10. The van der Waals surface area contributed by atoms with Crippen LogP contribution < -0.4 is 0 Å². The summed E-state index contributed by atoms with van der Waals surface area (Å²) in [5, 5.41) is 10.6. The third-order valence-corrected chi connectivity index (χ3v) is 2.79. The van der Waals surface area contributed by atoms with E-state index in [1.807, 2.05) is 0 Å². The Balaban J connectivity index is 2.13. The predicted octanol–water partition coefficient (Wildman–Crippen LogP) is 3.76. The van der Waals surface area contributed by atoms with Crippen LogP contribution in [0.5, 0.6) is 0 Å². The summed E-state index contributed by atoms with van der Waals surface area (Å²) in [5.41, 5.74) is 0.873. The van der Waals surface area contributed by atoms with Crippen LogP contribution >= 0.6 is 15.9 Å². The van der Waals surface area contributed by atoms with Crippen LogP contribution in [0.25, 0.3) is 22.8 Å². The van der Waals surface area contributed by atoms with E-state index in [-0.39, 0.29) is 11.6 Å². The molecule has 0 N–H and O–H groups in total. The van der Waals surface area contributed by atoms with Crippen LogP contribution in [-0.4, -0.2) is 9.91 Å². The number of hydrogen-bond acceptors (Lipinski definition) is 5. The van der Waals surface area contributed by atoms with Crippen molar-refractivity contribution >= 4 is 32.7 Å². The maximum absolute atomic E-state index is 10.6. The fourth-order valence-electron chi connectivity index (χ4n) is 1.56. The maximum atomic E-state index is 10.6. The van der Waals surface area contributed by atoms with Crippen molar-refractivity contribution in [3.63, 3.8) is 0 Å². The van der Waals surface area contributed by atoms with Gasteiger partial charge in [-0.3, -0.25) is 10.1 Å². The summed E-state index contributed by atoms with van der Waals surface area (Å²) >= 11 is 3.18. The molecule has 2 heterocycles. The molecule has 0 unspecified atom stereocenters. The van der Waals surface area contributed by atoms with Gasteiger partial charge in [-0.25, -0.2) is 4.98 Å². The zero-order chi connectivity index (χ0) is 12.7. The van der Waals surface area contributed by atoms with Gasteiger partial charge in [0.15, 0.2) is 16.0 Å². The SMILES string of the molecule is O=[N+]([O-])c1ccc2oc(-c3ccc(Br)o3)nc2c1. The van der Waals surface area contributed by atoms with Crippen molar-refractivity contribution in [2.24, 2.45) is 0 Å². The van der Waals surface area contributed by atoms with Crippen LogP contribution in [0.2, 0.25) is 0 Å². The van der Waals surface area contributed by atoms with Gasteiger partial charge in [0, 0.05) is 12.1 Å². The van der Waals surface area contributed by atoms with Crippen molar-refractivity contribution in [2.45, 2.75) is 0 Å². The van der Waals surface area contributed by atoms with Gasteiger partial charge in [0.05, 0.1) is 4.92 Å². The minimum atomic E-state index is -0.475. The molecule has 1 aromatic carbocycles. The Labute approximate surface area is 108 Å². The van der Waals surface area contributed by atoms with Crippen molar-refractivity contribution in [2.75, 3.05) is 0 Å². The number of aromatic nitrogens is 1. The molecule has 0 amide bonds. The van der Waals surface area contributed by atoms with Crippen LogP contribution in [-0.2, 0) is 0 Å². The molecule has 90 valence electrons. The van der Waals surface area contributed by atoms with Crippen LogP contribution in [0.4, 0.5) is 5.69 Å². The Kier molecular flexibility index (Phi) is 2.41. The maximum Gasteiger partial charge on any atom is 0.271 e. The molecule has 0 aliphatic carbocycles. The summed E-state index contributed by atoms with van der Waals surface area (Å²) in [6.07, 6.45) is 0. The number of oxazole rings is 1. The zero-order valence-electron chi connectivity index (χ0n) is 8.79. The normalized spacial score (nSPS) is 10.9. The lowest BCUT2D eigenvalue weighted by Gasteiger charge is -1.88. The lowest BCUT2D eigenvalue weighted by molar-refractivity contribution is -0.384. The quantitative estimate of drug-likeness (QED) is 0.531. The third kappa shape index (κ3) is 1.78. The molecular weight excluding hydrogens is 304 g/mol. The fraction of sp³-hybridized carbons (Fsp3) is 0. The van der Waals surface area contributed by atoms with Gasteiger partial charge in [0.25, 0.3) is 11.6 Å². The molecule has 7 heteroatoms. The van der Waals surface area contributed by atoms with Crippen molar-refractivity contribution < 1.29 is 13.8 Å². The van der Waals surface area contributed by atoms with E-state index in [1.54, 1.807) is 12.1 Å². The molecule has 3 aromatic rings. The number of hydrogen-bond donors (Lipinski definition) is 0. The zero-order valence-corrected chi connectivity index (χ0v) is 10.4. The first kappa shape index (κ1) is 11.0. The molecular formula is C11H5BrN2O4. The number of nitro groups is 1. The molecule has 2 aromatic heterocycles. The van der Waals surface area contributed by atoms with Crippen molar-refractivity contribution in [3.05, 3.63) is 45.1 Å². The van der Waals surface area contributed by atoms with E-state index in [0.29, 0.717) is 21.5 Å². The molecule has 0 saturated carbocycles. The number of halogens is 1. The number of benzene rings is 1. The van der Waals surface area contributed by atoms with Gasteiger partial charge in [0.1, 0.15) is 5.52 Å². The highest BCUT2D eigenvalue weighted by Crippen LogP contribution is 2.29. The molecule has 0 spiro atoms. The second-order valence-corrected chi connectivity index (χ2v) is 4.31. The third-order valence-electron chi connectivity index (χ3n) is 2.37. The lowest BCUT2D eigenvalue weighted by Crippen LogP contribution is -1.86. The molecule has 0 bridgehead atoms. The van der Waals surface area contributed by atoms with E-state index in [2.05, 4.69) is 20.9 Å². The van der Waals surface area contributed by atoms with E-state index in [1.165, 1.54) is 18.2 Å². The molecule has 0 atom stereocenters. The van der Waals surface area contributed by atoms with Gasteiger partial charge >= 0.3 is 0 Å². The highest BCUT2D eigenvalue weighted by Gasteiger charge is 2.14. The lowest BCUT2D eigenvalue weighted by atomic mass is 10.3. The first-order valence-corrected chi connectivity index (χ1v) is 5.73. The second-order valence-electron chi connectivity index (χ2n) is 3.53. The smallest absolute Gasteiger partial charge is 0.271 e. The van der Waals surface area contributed by atoms with E-state index in [9.17, 15) is 10.1 Å². The summed E-state index contributed by atoms with van der Waals surface area (Å²) in [6, 6.07) is 7.66. The number of nitro benzene ring substituents is 1. The van der Waals surface area contributed by atoms with Crippen molar-refractivity contribution in [1.29, 1.82) is 0 Å². The summed E-state index contributed by atoms with van der Waals surface area (Å²) in [5.74, 6) is 0.747. The van der Waals surface area contributed by atoms with Crippen molar-refractivity contribution in [1.82, 2.24) is 4.98 Å². The fourth-order valence-corrected chi connectivity index (χ4v) is 1.87. The standard InChI is InChI=1S/C11H5BrN2O4/c12-10-4-3-9(17-10)11-13-7-5-6(14(15)16)1-2-8(7)18-11/h1-5H. The van der Waals surface area contributed by atoms with Crippen molar-refractivity contribution in [3.8, 4) is 11.7 Å². The van der Waals surface area contributed by atoms with Gasteiger partial charge in [-0.1, -0.05) is 0 Å². The summed E-state index contributed by atoms with van der Waals surface area (Å²) in [6.45, 7) is 0. The van der Waals surface area contributed by atoms with Crippen LogP contribution in [0.15, 0.2) is 43.8 Å². The van der Waals surface area contributed by atoms with E-state index < -0.39 is 4.92 Å². The van der Waals surface area contributed by atoms with E-state index >= 15 is 0 Å². The Morgan fingerprint density at radius 3 is 2.72 bits per heavy atom. The summed E-state index contributed by atoms with van der Waals surface area (Å²) < 4.78 is 11.3. The minimum Gasteiger partial charge on any atom is -0.444 e. The van der Waals surface area contributed by atoms with E-state index in [4.69, 9.17) is 8.83 Å². The topological polar surface area (TPSA) is 82.3 Å². The number of fused-ring (bicyclic) bond motifs is 1. The second kappa shape index (κ2) is 3.95. The molecule has 0 saturated heterocycles. The molecule has 18 heavy (non-hydrogen) atoms. The largest absolute Gasteiger partial charge is 0.444 e. The molecule has 6 nitrogen and oxygen atoms in total. The predicted molar refractivity (Wildman–Crippen MR) is 66.1 cm³/mol. The van der Waals surface area contributed by atoms with Crippen LogP contribution in [0.1, 0.15) is 0 Å². The van der Waals surface area contributed by atoms with Gasteiger partial charge in [-0.05, 0) is 34.1 Å². The number of non-ortho nitro benzene ring substituents is 1. The Hall–Kier alpha value is -2.15. The summed E-state index contributed by atoms with van der Waals surface area (Å²) in [7, 11) is 0. The van der Waals surface area contributed by atoms with Gasteiger partial charge in [-0.15, -0.1) is 0 Å². The number of rotatable bonds is 2. The molecule has 0 fully saturated rings. The van der Waals surface area contributed by atoms with Crippen LogP contribution in [0, 0.1) is 10.1 Å². The number of furan rings is 1. The van der Waals surface area contributed by atoms with Gasteiger partial charge in [-0.2, -0.15) is 0 Å². The molecule has 3 rings (SSSR count). The molecule has 0 aliphatic heterocycles. The highest BCUT2D eigenvalue weighted by atomic mass is 79.9. The van der Waals surface area contributed by atoms with Gasteiger partial charge in [0.2, 0.25) is 0 Å². The average molecular weight is 309 g/mol. The average Bonchev–Trinajstić information content (AvgIpc) is 2.93. The first-order valence-electron chi connectivity index (χ1n) is 4.94. The Bertz CT molecular complexity index is 746. The monoisotopic (exact) mass is 308 g/mol. The van der Waals surface area contributed by atoms with Crippen LogP contribution in [0.3, 0.4) is 0 Å². The Morgan fingerprint density at radius 1 is 1.22 bits per heavy atom.